The predicted octanol–water partition coefficient (Wildman–Crippen LogP) is 7.48. The minimum Gasteiger partial charge on any atom is -0.357 e. The maximum Gasteiger partial charge on any atom is 0.431 e. The van der Waals surface area contributed by atoms with Crippen LogP contribution in [-0.2, 0) is 19.4 Å². The number of hydrogen-bond donors (Lipinski definition) is 0. The van der Waals surface area contributed by atoms with Crippen LogP contribution in [0.4, 0.5) is 18.9 Å². The first-order valence-corrected chi connectivity index (χ1v) is 14.8. The maximum atomic E-state index is 13.0. The van der Waals surface area contributed by atoms with Gasteiger partial charge in [0, 0.05) is 43.2 Å². The maximum absolute atomic E-state index is 13.0. The van der Waals surface area contributed by atoms with E-state index in [1.807, 2.05) is 36.0 Å². The van der Waals surface area contributed by atoms with Crippen molar-refractivity contribution < 1.29 is 13.2 Å². The Morgan fingerprint density at radius 1 is 0.875 bits per heavy atom. The predicted molar refractivity (Wildman–Crippen MR) is 159 cm³/mol. The SMILES string of the molecule is C=C(N1CCSCC1)N(Cc1ccc(C2=NN=C(C(F)(F)F)C2)cc1)c1cccc(-c2ccc3c(c2)CCC3)c1. The van der Waals surface area contributed by atoms with Crippen molar-refractivity contribution in [1.29, 1.82) is 0 Å². The highest BCUT2D eigenvalue weighted by Crippen LogP contribution is 2.33. The summed E-state index contributed by atoms with van der Waals surface area (Å²) in [6.45, 7) is 7.00. The number of nitrogens with zero attached hydrogens (tertiary/aromatic N) is 4. The van der Waals surface area contributed by atoms with E-state index in [0.29, 0.717) is 17.8 Å². The quantitative estimate of drug-likeness (QED) is 0.300. The molecule has 0 spiro atoms. The minimum atomic E-state index is -4.45. The molecular formula is C32H31F3N4S. The van der Waals surface area contributed by atoms with Gasteiger partial charge in [-0.1, -0.05) is 61.2 Å². The third kappa shape index (κ3) is 5.68. The Bertz CT molecular complexity index is 1470. The first-order valence-electron chi connectivity index (χ1n) is 13.7. The zero-order valence-corrected chi connectivity index (χ0v) is 23.1. The molecule has 1 fully saturated rings. The van der Waals surface area contributed by atoms with Crippen LogP contribution in [0.1, 0.15) is 35.1 Å². The van der Waals surface area contributed by atoms with E-state index in [1.165, 1.54) is 35.1 Å². The first kappa shape index (κ1) is 26.7. The highest BCUT2D eigenvalue weighted by molar-refractivity contribution is 7.99. The number of aryl methyl sites for hydroxylation is 2. The van der Waals surface area contributed by atoms with Crippen molar-refractivity contribution in [1.82, 2.24) is 4.90 Å². The topological polar surface area (TPSA) is 31.2 Å². The second-order valence-corrected chi connectivity index (χ2v) is 11.7. The summed E-state index contributed by atoms with van der Waals surface area (Å²) < 4.78 is 39.1. The van der Waals surface area contributed by atoms with Gasteiger partial charge in [-0.05, 0) is 64.8 Å². The summed E-state index contributed by atoms with van der Waals surface area (Å²) in [4.78, 5) is 4.59. The molecule has 2 heterocycles. The van der Waals surface area contributed by atoms with Gasteiger partial charge in [0.05, 0.1) is 5.71 Å². The van der Waals surface area contributed by atoms with E-state index in [9.17, 15) is 13.2 Å². The number of hydrogen-bond acceptors (Lipinski definition) is 5. The third-order valence-corrected chi connectivity index (χ3v) is 8.80. The van der Waals surface area contributed by atoms with Gasteiger partial charge in [0.15, 0.2) is 0 Å². The van der Waals surface area contributed by atoms with E-state index < -0.39 is 11.9 Å². The van der Waals surface area contributed by atoms with Gasteiger partial charge < -0.3 is 9.80 Å². The fourth-order valence-corrected chi connectivity index (χ4v) is 6.48. The Labute approximate surface area is 237 Å². The molecule has 0 amide bonds. The van der Waals surface area contributed by atoms with Gasteiger partial charge in [-0.15, -0.1) is 5.10 Å². The second-order valence-electron chi connectivity index (χ2n) is 10.5. The highest BCUT2D eigenvalue weighted by atomic mass is 32.2. The van der Waals surface area contributed by atoms with Crippen molar-refractivity contribution in [2.75, 3.05) is 29.5 Å². The van der Waals surface area contributed by atoms with Gasteiger partial charge >= 0.3 is 6.18 Å². The fourth-order valence-electron chi connectivity index (χ4n) is 5.58. The largest absolute Gasteiger partial charge is 0.431 e. The van der Waals surface area contributed by atoms with E-state index in [1.54, 1.807) is 0 Å². The molecule has 8 heteroatoms. The van der Waals surface area contributed by atoms with E-state index in [2.05, 4.69) is 69.0 Å². The molecule has 0 radical (unpaired) electrons. The molecule has 3 aliphatic rings. The zero-order chi connectivity index (χ0) is 27.7. The minimum absolute atomic E-state index is 0.297. The molecule has 0 bridgehead atoms. The number of benzene rings is 3. The third-order valence-electron chi connectivity index (χ3n) is 7.86. The van der Waals surface area contributed by atoms with Gasteiger partial charge in [-0.2, -0.15) is 30.0 Å². The van der Waals surface area contributed by atoms with Crippen molar-refractivity contribution in [3.8, 4) is 11.1 Å². The van der Waals surface area contributed by atoms with Gasteiger partial charge in [-0.25, -0.2) is 0 Å². The van der Waals surface area contributed by atoms with Crippen LogP contribution < -0.4 is 4.90 Å². The second kappa shape index (κ2) is 11.2. The van der Waals surface area contributed by atoms with Crippen LogP contribution in [0.3, 0.4) is 0 Å². The number of thioether (sulfide) groups is 1. The van der Waals surface area contributed by atoms with Crippen LogP contribution >= 0.6 is 11.8 Å². The molecule has 3 aromatic carbocycles. The Hall–Kier alpha value is -3.52. The lowest BCUT2D eigenvalue weighted by molar-refractivity contribution is -0.0596. The van der Waals surface area contributed by atoms with Crippen LogP contribution in [0.5, 0.6) is 0 Å². The summed E-state index contributed by atoms with van der Waals surface area (Å²) in [5.41, 5.74) is 7.57. The Morgan fingerprint density at radius 2 is 1.60 bits per heavy atom. The van der Waals surface area contributed by atoms with E-state index in [0.717, 1.165) is 48.1 Å². The summed E-state index contributed by atoms with van der Waals surface area (Å²) in [5, 5.41) is 7.15. The van der Waals surface area contributed by atoms with Crippen LogP contribution in [-0.4, -0.2) is 47.1 Å². The Morgan fingerprint density at radius 3 is 2.35 bits per heavy atom. The van der Waals surface area contributed by atoms with Gasteiger partial charge in [0.2, 0.25) is 0 Å². The standard InChI is InChI=1S/C32H31F3N4S/c1-22(38-14-16-40-17-15-38)39(21-23-8-10-25(11-9-23)30-20-31(37-36-30)32(33,34)35)29-7-3-6-27(19-29)28-13-12-24-4-2-5-26(24)18-28/h3,6-13,18-19H,1-2,4-5,14-17,20-21H2. The molecule has 40 heavy (non-hydrogen) atoms. The van der Waals surface area contributed by atoms with Gasteiger partial charge in [-0.3, -0.25) is 0 Å². The molecule has 2 aliphatic heterocycles. The normalized spacial score (nSPS) is 16.9. The van der Waals surface area contributed by atoms with Crippen molar-refractivity contribution in [3.63, 3.8) is 0 Å². The number of anilines is 1. The molecule has 6 rings (SSSR count). The molecule has 1 saturated heterocycles. The van der Waals surface area contributed by atoms with Crippen LogP contribution in [0.15, 0.2) is 89.3 Å². The highest BCUT2D eigenvalue weighted by Gasteiger charge is 2.38. The Balaban J connectivity index is 1.26. The van der Waals surface area contributed by atoms with Crippen molar-refractivity contribution in [2.24, 2.45) is 10.2 Å². The lowest BCUT2D eigenvalue weighted by Gasteiger charge is -2.37. The molecule has 0 N–H and O–H groups in total. The van der Waals surface area contributed by atoms with E-state index in [4.69, 9.17) is 0 Å². The van der Waals surface area contributed by atoms with Crippen LogP contribution in [0, 0.1) is 0 Å². The molecule has 0 aromatic heterocycles. The summed E-state index contributed by atoms with van der Waals surface area (Å²) in [6.07, 6.45) is -1.21. The molecule has 4 nitrogen and oxygen atoms in total. The van der Waals surface area contributed by atoms with Crippen molar-refractivity contribution in [2.45, 2.75) is 38.4 Å². The molecule has 0 atom stereocenters. The number of alkyl halides is 3. The van der Waals surface area contributed by atoms with E-state index in [-0.39, 0.29) is 6.42 Å². The number of rotatable bonds is 7. The summed E-state index contributed by atoms with van der Waals surface area (Å²) in [7, 11) is 0. The molecule has 206 valence electrons. The van der Waals surface area contributed by atoms with Crippen molar-refractivity contribution >= 4 is 28.9 Å². The molecular weight excluding hydrogens is 529 g/mol. The monoisotopic (exact) mass is 560 g/mol. The summed E-state index contributed by atoms with van der Waals surface area (Å²) >= 11 is 1.96. The lowest BCUT2D eigenvalue weighted by Crippen LogP contribution is -2.39. The number of halogens is 3. The molecule has 0 unspecified atom stereocenters. The Kier molecular flexibility index (Phi) is 7.45. The van der Waals surface area contributed by atoms with Gasteiger partial charge in [0.25, 0.3) is 0 Å². The van der Waals surface area contributed by atoms with E-state index >= 15 is 0 Å². The van der Waals surface area contributed by atoms with Crippen molar-refractivity contribution in [3.05, 3.63) is 101 Å². The first-order chi connectivity index (χ1) is 19.3. The smallest absolute Gasteiger partial charge is 0.357 e. The number of fused-ring (bicyclic) bond motifs is 1. The van der Waals surface area contributed by atoms with Gasteiger partial charge in [0.1, 0.15) is 11.5 Å². The average molecular weight is 561 g/mol. The van der Waals surface area contributed by atoms with Crippen LogP contribution in [0.2, 0.25) is 0 Å². The summed E-state index contributed by atoms with van der Waals surface area (Å²) in [5.74, 6) is 3.10. The lowest BCUT2D eigenvalue weighted by atomic mass is 10.00. The molecule has 0 saturated carbocycles. The molecule has 3 aromatic rings. The van der Waals surface area contributed by atoms with Crippen LogP contribution in [0.25, 0.3) is 11.1 Å². The molecule has 1 aliphatic carbocycles. The summed E-state index contributed by atoms with van der Waals surface area (Å²) in [6, 6.07) is 23.0. The zero-order valence-electron chi connectivity index (χ0n) is 22.3. The average Bonchev–Trinajstić information content (AvgIpc) is 3.66. The fraction of sp³-hybridized carbons (Fsp3) is 0.312.